The van der Waals surface area contributed by atoms with Crippen LogP contribution >= 0.6 is 43.2 Å². The van der Waals surface area contributed by atoms with E-state index in [1.807, 2.05) is 6.07 Å². The number of rotatable bonds is 2. The number of ether oxygens (including phenoxy) is 1. The molecule has 0 saturated heterocycles. The Morgan fingerprint density at radius 2 is 2.12 bits per heavy atom. The van der Waals surface area contributed by atoms with Crippen LogP contribution in [0.2, 0.25) is 0 Å². The number of hydrogen-bond acceptors (Lipinski definition) is 5. The minimum absolute atomic E-state index is 0.387. The van der Waals surface area contributed by atoms with Crippen LogP contribution in [0.25, 0.3) is 10.7 Å². The zero-order valence-corrected chi connectivity index (χ0v) is 12.6. The summed E-state index contributed by atoms with van der Waals surface area (Å²) in [6.07, 6.45) is 3.17. The third-order valence-corrected chi connectivity index (χ3v) is 3.92. The Bertz CT molecular complexity index is 571. The summed E-state index contributed by atoms with van der Waals surface area (Å²) in [5, 5.41) is 0.671. The predicted octanol–water partition coefficient (Wildman–Crippen LogP) is 3.52. The van der Waals surface area contributed by atoms with Gasteiger partial charge >= 0.3 is 5.97 Å². The Hall–Kier alpha value is -0.790. The maximum Gasteiger partial charge on any atom is 0.349 e. The summed E-state index contributed by atoms with van der Waals surface area (Å²) in [6, 6.07) is 1.88. The maximum atomic E-state index is 11.3. The molecule has 0 N–H and O–H groups in total. The smallest absolute Gasteiger partial charge is 0.349 e. The van der Waals surface area contributed by atoms with Crippen LogP contribution in [0.5, 0.6) is 0 Å². The van der Waals surface area contributed by atoms with Gasteiger partial charge in [0.15, 0.2) is 0 Å². The van der Waals surface area contributed by atoms with Crippen LogP contribution in [0, 0.1) is 0 Å². The standard InChI is InChI=1S/C10H6Br2N2O2S/c1-16-10(15)7-4-14-9(17-7)8-6(12)2-5(11)3-13-8/h2-4H,1H3. The molecule has 0 fully saturated rings. The van der Waals surface area contributed by atoms with E-state index in [1.54, 1.807) is 6.20 Å². The first-order valence-corrected chi connectivity index (χ1v) is 6.87. The van der Waals surface area contributed by atoms with Gasteiger partial charge in [0, 0.05) is 15.1 Å². The van der Waals surface area contributed by atoms with Gasteiger partial charge in [-0.05, 0) is 37.9 Å². The van der Waals surface area contributed by atoms with E-state index in [0.29, 0.717) is 15.6 Å². The molecule has 0 amide bonds. The number of carbonyl (C=O) groups is 1. The Labute approximate surface area is 118 Å². The number of hydrogen-bond donors (Lipinski definition) is 0. The van der Waals surface area contributed by atoms with E-state index in [4.69, 9.17) is 0 Å². The fourth-order valence-electron chi connectivity index (χ4n) is 1.15. The number of thiazole rings is 1. The third-order valence-electron chi connectivity index (χ3n) is 1.90. The molecule has 0 radical (unpaired) electrons. The highest BCUT2D eigenvalue weighted by Gasteiger charge is 2.14. The Kier molecular flexibility index (Phi) is 3.90. The van der Waals surface area contributed by atoms with Crippen molar-refractivity contribution in [3.63, 3.8) is 0 Å². The zero-order chi connectivity index (χ0) is 12.4. The summed E-state index contributed by atoms with van der Waals surface area (Å²) in [5.74, 6) is -0.387. The lowest BCUT2D eigenvalue weighted by Gasteiger charge is -1.99. The molecule has 2 heterocycles. The molecule has 0 spiro atoms. The first-order chi connectivity index (χ1) is 8.11. The Morgan fingerprint density at radius 3 is 2.76 bits per heavy atom. The lowest BCUT2D eigenvalue weighted by Crippen LogP contribution is -1.96. The van der Waals surface area contributed by atoms with Gasteiger partial charge < -0.3 is 4.74 Å². The maximum absolute atomic E-state index is 11.3. The zero-order valence-electron chi connectivity index (χ0n) is 8.61. The van der Waals surface area contributed by atoms with Gasteiger partial charge in [0.25, 0.3) is 0 Å². The molecule has 2 aromatic heterocycles. The summed E-state index contributed by atoms with van der Waals surface area (Å²) < 4.78 is 6.32. The monoisotopic (exact) mass is 376 g/mol. The molecule has 0 aliphatic rings. The molecule has 0 unspecified atom stereocenters. The minimum Gasteiger partial charge on any atom is -0.465 e. The number of esters is 1. The van der Waals surface area contributed by atoms with Crippen molar-refractivity contribution in [1.82, 2.24) is 9.97 Å². The molecule has 0 bridgehead atoms. The van der Waals surface area contributed by atoms with Crippen molar-refractivity contribution < 1.29 is 9.53 Å². The van der Waals surface area contributed by atoms with Crippen LogP contribution in [-0.4, -0.2) is 23.0 Å². The normalized spacial score (nSPS) is 10.3. The van der Waals surface area contributed by atoms with Gasteiger partial charge in [0.2, 0.25) is 0 Å². The van der Waals surface area contributed by atoms with E-state index in [0.717, 1.165) is 8.95 Å². The highest BCUT2D eigenvalue weighted by Crippen LogP contribution is 2.31. The quantitative estimate of drug-likeness (QED) is 0.751. The van der Waals surface area contributed by atoms with Crippen LogP contribution < -0.4 is 0 Å². The summed E-state index contributed by atoms with van der Waals surface area (Å²) in [7, 11) is 1.34. The highest BCUT2D eigenvalue weighted by molar-refractivity contribution is 9.11. The third kappa shape index (κ3) is 2.72. The minimum atomic E-state index is -0.387. The average molecular weight is 378 g/mol. The van der Waals surface area contributed by atoms with Gasteiger partial charge in [-0.15, -0.1) is 11.3 Å². The number of pyridine rings is 1. The molecule has 2 rings (SSSR count). The first kappa shape index (κ1) is 12.7. The van der Waals surface area contributed by atoms with Gasteiger partial charge in [-0.1, -0.05) is 0 Å². The Balaban J connectivity index is 2.40. The van der Waals surface area contributed by atoms with Crippen molar-refractivity contribution in [3.8, 4) is 10.7 Å². The van der Waals surface area contributed by atoms with Gasteiger partial charge in [-0.2, -0.15) is 0 Å². The van der Waals surface area contributed by atoms with E-state index in [2.05, 4.69) is 46.6 Å². The van der Waals surface area contributed by atoms with Gasteiger partial charge in [-0.3, -0.25) is 4.98 Å². The van der Waals surface area contributed by atoms with Gasteiger partial charge in [0.05, 0.1) is 13.3 Å². The number of aromatic nitrogens is 2. The molecular weight excluding hydrogens is 372 g/mol. The number of methoxy groups -OCH3 is 1. The fourth-order valence-corrected chi connectivity index (χ4v) is 3.30. The van der Waals surface area contributed by atoms with E-state index < -0.39 is 0 Å². The van der Waals surface area contributed by atoms with Crippen LogP contribution in [0.3, 0.4) is 0 Å². The van der Waals surface area contributed by atoms with Crippen LogP contribution in [-0.2, 0) is 4.74 Å². The highest BCUT2D eigenvalue weighted by atomic mass is 79.9. The number of halogens is 2. The van der Waals surface area contributed by atoms with Crippen molar-refractivity contribution in [1.29, 1.82) is 0 Å². The molecule has 0 aliphatic heterocycles. The number of nitrogens with zero attached hydrogens (tertiary/aromatic N) is 2. The summed E-state index contributed by atoms with van der Waals surface area (Å²) in [5.41, 5.74) is 0.702. The largest absolute Gasteiger partial charge is 0.465 e. The van der Waals surface area contributed by atoms with Crippen LogP contribution in [0.1, 0.15) is 9.67 Å². The summed E-state index contributed by atoms with van der Waals surface area (Å²) in [4.78, 5) is 20.2. The van der Waals surface area contributed by atoms with E-state index >= 15 is 0 Å². The van der Waals surface area contributed by atoms with E-state index in [-0.39, 0.29) is 5.97 Å². The molecule has 0 aliphatic carbocycles. The molecule has 2 aromatic rings. The van der Waals surface area contributed by atoms with Crippen molar-refractivity contribution in [2.75, 3.05) is 7.11 Å². The molecule has 0 atom stereocenters. The lowest BCUT2D eigenvalue weighted by atomic mass is 10.4. The fraction of sp³-hybridized carbons (Fsp3) is 0.100. The number of carbonyl (C=O) groups excluding carboxylic acids is 1. The molecule has 0 saturated carbocycles. The molecule has 88 valence electrons. The summed E-state index contributed by atoms with van der Waals surface area (Å²) in [6.45, 7) is 0. The Morgan fingerprint density at radius 1 is 1.35 bits per heavy atom. The molecular formula is C10H6Br2N2O2S. The van der Waals surface area contributed by atoms with E-state index in [9.17, 15) is 4.79 Å². The second-order valence-electron chi connectivity index (χ2n) is 3.01. The summed E-state index contributed by atoms with van der Waals surface area (Å²) >= 11 is 7.98. The average Bonchev–Trinajstić information content (AvgIpc) is 2.77. The second-order valence-corrected chi connectivity index (χ2v) is 5.81. The van der Waals surface area contributed by atoms with Crippen molar-refractivity contribution in [2.45, 2.75) is 0 Å². The van der Waals surface area contributed by atoms with Crippen LogP contribution in [0.4, 0.5) is 0 Å². The van der Waals surface area contributed by atoms with Crippen LogP contribution in [0.15, 0.2) is 27.4 Å². The van der Waals surface area contributed by atoms with Crippen molar-refractivity contribution >= 4 is 49.2 Å². The first-order valence-electron chi connectivity index (χ1n) is 4.47. The predicted molar refractivity (Wildman–Crippen MR) is 72.1 cm³/mol. The van der Waals surface area contributed by atoms with Gasteiger partial charge in [-0.25, -0.2) is 9.78 Å². The lowest BCUT2D eigenvalue weighted by molar-refractivity contribution is 0.0606. The second kappa shape index (κ2) is 5.24. The molecule has 17 heavy (non-hydrogen) atoms. The van der Waals surface area contributed by atoms with Crippen molar-refractivity contribution in [2.24, 2.45) is 0 Å². The topological polar surface area (TPSA) is 52.1 Å². The van der Waals surface area contributed by atoms with E-state index in [1.165, 1.54) is 24.6 Å². The van der Waals surface area contributed by atoms with Gasteiger partial charge in [0.1, 0.15) is 15.6 Å². The molecule has 7 heteroatoms. The SMILES string of the molecule is COC(=O)c1cnc(-c2ncc(Br)cc2Br)s1. The molecule has 0 aromatic carbocycles. The molecule has 4 nitrogen and oxygen atoms in total. The van der Waals surface area contributed by atoms with Crippen molar-refractivity contribution in [3.05, 3.63) is 32.3 Å².